The van der Waals surface area contributed by atoms with Crippen LogP contribution in [0.5, 0.6) is 0 Å². The van der Waals surface area contributed by atoms with Crippen LogP contribution >= 0.6 is 0 Å². The van der Waals surface area contributed by atoms with Crippen LogP contribution in [-0.2, 0) is 19.9 Å². The summed E-state index contributed by atoms with van der Waals surface area (Å²) in [6.07, 6.45) is -0.325. The molecule has 0 bridgehead atoms. The molecule has 0 aromatic heterocycles. The van der Waals surface area contributed by atoms with Crippen molar-refractivity contribution in [3.63, 3.8) is 0 Å². The van der Waals surface area contributed by atoms with E-state index >= 15 is 0 Å². The van der Waals surface area contributed by atoms with E-state index in [1.54, 1.807) is 24.3 Å². The molecule has 0 amide bonds. The van der Waals surface area contributed by atoms with Crippen molar-refractivity contribution in [3.05, 3.63) is 59.7 Å². The molecule has 3 nitrogen and oxygen atoms in total. The van der Waals surface area contributed by atoms with E-state index in [0.717, 1.165) is 6.07 Å². The maximum absolute atomic E-state index is 14.0. The van der Waals surface area contributed by atoms with Gasteiger partial charge in [-0.05, 0) is 45.4 Å². The molecule has 0 atom stereocenters. The normalized spacial score (nSPS) is 12.2. The Labute approximate surface area is 150 Å². The Morgan fingerprint density at radius 1 is 0.880 bits per heavy atom. The second kappa shape index (κ2) is 8.18. The predicted octanol–water partition coefficient (Wildman–Crippen LogP) is 4.69. The first kappa shape index (κ1) is 19.7. The molecule has 2 aromatic rings. The van der Waals surface area contributed by atoms with Gasteiger partial charge < -0.3 is 13.9 Å². The van der Waals surface area contributed by atoms with Crippen LogP contribution in [-0.4, -0.2) is 22.7 Å². The molecular weight excluding hydrogens is 342 g/mol. The smallest absolute Gasteiger partial charge is 0.302 e. The molecule has 0 spiro atoms. The van der Waals surface area contributed by atoms with Crippen LogP contribution in [0, 0.1) is 11.6 Å². The van der Waals surface area contributed by atoms with Gasteiger partial charge in [0.1, 0.15) is 11.6 Å². The zero-order chi connectivity index (χ0) is 18.6. The second-order valence-corrected chi connectivity index (χ2v) is 6.40. The Hall–Kier alpha value is -1.60. The zero-order valence-corrected chi connectivity index (χ0v) is 15.7. The SMILES string of the molecule is CC(C)OC(O[Si])(OC(C)C)c1ccc(-c2ccc(F)cc2F)cc1. The van der Waals surface area contributed by atoms with Gasteiger partial charge in [-0.1, -0.05) is 24.3 Å². The van der Waals surface area contributed by atoms with Gasteiger partial charge in [-0.3, -0.25) is 0 Å². The zero-order valence-electron chi connectivity index (χ0n) is 14.7. The monoisotopic (exact) mass is 363 g/mol. The van der Waals surface area contributed by atoms with Crippen molar-refractivity contribution in [2.45, 2.75) is 45.9 Å². The van der Waals surface area contributed by atoms with Gasteiger partial charge in [0.15, 0.2) is 0 Å². The molecule has 0 heterocycles. The molecule has 0 saturated carbocycles. The molecule has 0 aliphatic heterocycles. The van der Waals surface area contributed by atoms with Crippen LogP contribution in [0.15, 0.2) is 42.5 Å². The molecule has 0 fully saturated rings. The van der Waals surface area contributed by atoms with Crippen LogP contribution in [0.2, 0.25) is 0 Å². The summed E-state index contributed by atoms with van der Waals surface area (Å²) in [4.78, 5) is 0. The number of halogens is 2. The van der Waals surface area contributed by atoms with Crippen molar-refractivity contribution in [2.24, 2.45) is 0 Å². The highest BCUT2D eigenvalue weighted by Gasteiger charge is 2.37. The lowest BCUT2D eigenvalue weighted by atomic mass is 10.0. The van der Waals surface area contributed by atoms with E-state index in [9.17, 15) is 8.78 Å². The molecule has 0 N–H and O–H groups in total. The molecular formula is C19H21F2O3Si. The van der Waals surface area contributed by atoms with Gasteiger partial charge in [-0.25, -0.2) is 8.78 Å². The molecule has 3 radical (unpaired) electrons. The van der Waals surface area contributed by atoms with Crippen molar-refractivity contribution >= 4 is 10.5 Å². The fourth-order valence-corrected chi connectivity index (χ4v) is 2.68. The average molecular weight is 363 g/mol. The molecule has 2 aromatic carbocycles. The van der Waals surface area contributed by atoms with Gasteiger partial charge in [0.05, 0.1) is 12.2 Å². The summed E-state index contributed by atoms with van der Waals surface area (Å²) >= 11 is 0. The molecule has 0 aliphatic carbocycles. The third kappa shape index (κ3) is 4.73. The largest absolute Gasteiger partial charge is 0.367 e. The van der Waals surface area contributed by atoms with E-state index in [-0.39, 0.29) is 12.2 Å². The summed E-state index contributed by atoms with van der Waals surface area (Å²) in [5, 5.41) is 0. The number of benzene rings is 2. The first-order valence-corrected chi connectivity index (χ1v) is 8.44. The topological polar surface area (TPSA) is 27.7 Å². The highest BCUT2D eigenvalue weighted by Crippen LogP contribution is 2.33. The summed E-state index contributed by atoms with van der Waals surface area (Å²) in [6.45, 7) is 7.47. The van der Waals surface area contributed by atoms with E-state index < -0.39 is 17.6 Å². The van der Waals surface area contributed by atoms with Crippen LogP contribution in [0.4, 0.5) is 8.78 Å². The van der Waals surface area contributed by atoms with Crippen molar-refractivity contribution in [1.29, 1.82) is 0 Å². The van der Waals surface area contributed by atoms with Crippen molar-refractivity contribution in [1.82, 2.24) is 0 Å². The van der Waals surface area contributed by atoms with E-state index in [0.29, 0.717) is 16.7 Å². The first-order valence-electron chi connectivity index (χ1n) is 8.03. The van der Waals surface area contributed by atoms with E-state index in [4.69, 9.17) is 13.9 Å². The number of rotatable bonds is 7. The fourth-order valence-electron chi connectivity index (χ4n) is 2.47. The standard InChI is InChI=1S/C19H21F2O3Si/c1-12(2)22-19(24-25,23-13(3)4)15-7-5-14(6-8-15)17-10-9-16(20)11-18(17)21/h5-13H,1-4H3. The van der Waals surface area contributed by atoms with Crippen LogP contribution in [0.1, 0.15) is 33.3 Å². The molecule has 2 rings (SSSR count). The maximum atomic E-state index is 14.0. The minimum atomic E-state index is -1.43. The number of hydrogen-bond acceptors (Lipinski definition) is 3. The number of hydrogen-bond donors (Lipinski definition) is 0. The fraction of sp³-hybridized carbons (Fsp3) is 0.368. The van der Waals surface area contributed by atoms with Gasteiger partial charge in [-0.2, -0.15) is 0 Å². The quantitative estimate of drug-likeness (QED) is 0.527. The average Bonchev–Trinajstić information content (AvgIpc) is 2.53. The van der Waals surface area contributed by atoms with Gasteiger partial charge in [0.25, 0.3) is 10.5 Å². The van der Waals surface area contributed by atoms with Gasteiger partial charge >= 0.3 is 5.97 Å². The Kier molecular flexibility index (Phi) is 6.45. The Bertz CT molecular complexity index is 692. The Balaban J connectivity index is 2.40. The summed E-state index contributed by atoms with van der Waals surface area (Å²) in [6, 6.07) is 10.4. The molecule has 6 heteroatoms. The minimum Gasteiger partial charge on any atom is -0.367 e. The Morgan fingerprint density at radius 2 is 1.44 bits per heavy atom. The molecule has 0 aliphatic rings. The minimum absolute atomic E-state index is 0.163. The van der Waals surface area contributed by atoms with Crippen LogP contribution < -0.4 is 0 Å². The Morgan fingerprint density at radius 3 is 1.88 bits per heavy atom. The van der Waals surface area contributed by atoms with Crippen LogP contribution in [0.25, 0.3) is 11.1 Å². The molecule has 0 saturated heterocycles. The summed E-state index contributed by atoms with van der Waals surface area (Å²) in [7, 11) is 3.05. The molecule has 25 heavy (non-hydrogen) atoms. The molecule has 133 valence electrons. The lowest BCUT2D eigenvalue weighted by molar-refractivity contribution is -0.378. The summed E-state index contributed by atoms with van der Waals surface area (Å²) in [5.41, 5.74) is 1.53. The van der Waals surface area contributed by atoms with E-state index in [2.05, 4.69) is 10.5 Å². The van der Waals surface area contributed by atoms with E-state index in [1.165, 1.54) is 12.1 Å². The van der Waals surface area contributed by atoms with Crippen molar-refractivity contribution in [3.8, 4) is 11.1 Å². The van der Waals surface area contributed by atoms with Crippen molar-refractivity contribution < 1.29 is 22.7 Å². The highest BCUT2D eigenvalue weighted by atomic mass is 28.2. The first-order chi connectivity index (χ1) is 11.8. The van der Waals surface area contributed by atoms with Gasteiger partial charge in [0.2, 0.25) is 0 Å². The van der Waals surface area contributed by atoms with Crippen molar-refractivity contribution in [2.75, 3.05) is 0 Å². The van der Waals surface area contributed by atoms with Gasteiger partial charge in [-0.15, -0.1) is 0 Å². The number of ether oxygens (including phenoxy) is 2. The van der Waals surface area contributed by atoms with Gasteiger partial charge in [0, 0.05) is 17.2 Å². The molecule has 0 unspecified atom stereocenters. The maximum Gasteiger partial charge on any atom is 0.302 e. The summed E-state index contributed by atoms with van der Waals surface area (Å²) < 4.78 is 44.1. The van der Waals surface area contributed by atoms with E-state index in [1.807, 2.05) is 27.7 Å². The summed E-state index contributed by atoms with van der Waals surface area (Å²) in [5.74, 6) is -2.66. The second-order valence-electron chi connectivity index (χ2n) is 6.19. The predicted molar refractivity (Wildman–Crippen MR) is 92.8 cm³/mol. The lowest BCUT2D eigenvalue weighted by Crippen LogP contribution is -2.40. The lowest BCUT2D eigenvalue weighted by Gasteiger charge is -2.35. The van der Waals surface area contributed by atoms with Crippen LogP contribution in [0.3, 0.4) is 0 Å². The third-order valence-electron chi connectivity index (χ3n) is 3.40. The highest BCUT2D eigenvalue weighted by molar-refractivity contribution is 5.98. The third-order valence-corrected chi connectivity index (χ3v) is 3.67.